The molecule has 0 N–H and O–H groups in total. The van der Waals surface area contributed by atoms with Crippen LogP contribution in [0.15, 0.2) is 18.2 Å². The lowest BCUT2D eigenvalue weighted by atomic mass is 9.70. The summed E-state index contributed by atoms with van der Waals surface area (Å²) in [5.41, 5.74) is 0.850. The number of benzene rings is 1. The van der Waals surface area contributed by atoms with Gasteiger partial charge in [-0.1, -0.05) is 71.6 Å². The number of esters is 1. The van der Waals surface area contributed by atoms with E-state index in [1.54, 1.807) is 18.2 Å². The molecular weight excluding hydrogens is 434 g/mol. The van der Waals surface area contributed by atoms with Gasteiger partial charge in [0.05, 0.1) is 17.7 Å². The lowest BCUT2D eigenvalue weighted by Gasteiger charge is -2.37. The van der Waals surface area contributed by atoms with Crippen LogP contribution in [0.4, 0.5) is 0 Å². The van der Waals surface area contributed by atoms with Crippen LogP contribution in [0.25, 0.3) is 0 Å². The third-order valence-corrected chi connectivity index (χ3v) is 8.36. The van der Waals surface area contributed by atoms with Gasteiger partial charge in [-0.3, -0.25) is 0 Å². The Bertz CT molecular complexity index is 798. The Morgan fingerprint density at radius 1 is 0.886 bits per heavy atom. The van der Waals surface area contributed by atoms with Gasteiger partial charge >= 0.3 is 5.97 Å². The maximum atomic E-state index is 12.8. The predicted octanol–water partition coefficient (Wildman–Crippen LogP) is 8.62. The molecule has 1 aromatic carbocycles. The number of nitriles is 1. The maximum absolute atomic E-state index is 12.8. The van der Waals surface area contributed by atoms with Gasteiger partial charge < -0.3 is 9.47 Å². The zero-order valence-corrected chi connectivity index (χ0v) is 22.2. The Balaban J connectivity index is 1.39. The highest BCUT2D eigenvalue weighted by Crippen LogP contribution is 2.41. The molecule has 4 heteroatoms. The third-order valence-electron chi connectivity index (χ3n) is 8.36. The molecule has 194 valence electrons. The first kappa shape index (κ1) is 27.6. The number of hydrogen-bond donors (Lipinski definition) is 0. The molecule has 3 rings (SSSR count). The average Bonchev–Trinajstić information content (AvgIpc) is 2.90. The number of unbranched alkanes of at least 4 members (excludes halogenated alkanes) is 5. The van der Waals surface area contributed by atoms with Crippen LogP contribution in [0.2, 0.25) is 0 Å². The Morgan fingerprint density at radius 2 is 1.54 bits per heavy atom. The molecule has 2 aliphatic carbocycles. The number of ether oxygens (including phenoxy) is 2. The van der Waals surface area contributed by atoms with Gasteiger partial charge in [-0.15, -0.1) is 0 Å². The zero-order chi connectivity index (χ0) is 24.9. The fourth-order valence-electron chi connectivity index (χ4n) is 6.11. The molecule has 0 atom stereocenters. The molecule has 0 bridgehead atoms. The predicted molar refractivity (Wildman–Crippen MR) is 142 cm³/mol. The molecule has 2 saturated carbocycles. The van der Waals surface area contributed by atoms with Gasteiger partial charge in [0.1, 0.15) is 17.9 Å². The monoisotopic (exact) mass is 481 g/mol. The van der Waals surface area contributed by atoms with Crippen molar-refractivity contribution in [2.24, 2.45) is 17.8 Å². The lowest BCUT2D eigenvalue weighted by Crippen LogP contribution is -2.29. The van der Waals surface area contributed by atoms with Crippen LogP contribution in [-0.2, 0) is 4.74 Å². The van der Waals surface area contributed by atoms with Crippen molar-refractivity contribution in [3.8, 4) is 11.8 Å². The summed E-state index contributed by atoms with van der Waals surface area (Å²) in [6.45, 7) is 5.03. The summed E-state index contributed by atoms with van der Waals surface area (Å²) < 4.78 is 11.6. The van der Waals surface area contributed by atoms with Gasteiger partial charge in [-0.25, -0.2) is 4.79 Å². The quantitative estimate of drug-likeness (QED) is 0.209. The van der Waals surface area contributed by atoms with Crippen LogP contribution in [0.3, 0.4) is 0 Å². The average molecular weight is 482 g/mol. The normalized spacial score (nSPS) is 24.5. The number of rotatable bonds is 13. The summed E-state index contributed by atoms with van der Waals surface area (Å²) in [5.74, 6) is 2.89. The van der Waals surface area contributed by atoms with Gasteiger partial charge in [0, 0.05) is 0 Å². The van der Waals surface area contributed by atoms with Crippen molar-refractivity contribution in [2.45, 2.75) is 123 Å². The lowest BCUT2D eigenvalue weighted by molar-refractivity contribution is 0.0109. The van der Waals surface area contributed by atoms with E-state index in [1.807, 2.05) is 0 Å². The highest BCUT2D eigenvalue weighted by atomic mass is 16.5. The smallest absolute Gasteiger partial charge is 0.338 e. The van der Waals surface area contributed by atoms with Crippen molar-refractivity contribution in [1.82, 2.24) is 0 Å². The van der Waals surface area contributed by atoms with Crippen LogP contribution in [0.1, 0.15) is 133 Å². The maximum Gasteiger partial charge on any atom is 0.338 e. The fraction of sp³-hybridized carbons (Fsp3) is 0.742. The van der Waals surface area contributed by atoms with E-state index in [0.29, 0.717) is 23.5 Å². The molecule has 0 saturated heterocycles. The summed E-state index contributed by atoms with van der Waals surface area (Å²) in [7, 11) is 0. The van der Waals surface area contributed by atoms with E-state index in [2.05, 4.69) is 19.9 Å². The van der Waals surface area contributed by atoms with Crippen LogP contribution < -0.4 is 4.74 Å². The largest absolute Gasteiger partial charge is 0.492 e. The van der Waals surface area contributed by atoms with Gasteiger partial charge in [-0.2, -0.15) is 5.26 Å². The summed E-state index contributed by atoms with van der Waals surface area (Å²) in [6.07, 6.45) is 20.1. The molecule has 0 unspecified atom stereocenters. The molecule has 0 spiro atoms. The molecule has 0 heterocycles. The summed E-state index contributed by atoms with van der Waals surface area (Å²) in [5, 5.41) is 9.50. The van der Waals surface area contributed by atoms with Crippen LogP contribution in [-0.4, -0.2) is 18.7 Å². The van der Waals surface area contributed by atoms with E-state index in [0.717, 1.165) is 49.9 Å². The molecule has 35 heavy (non-hydrogen) atoms. The summed E-state index contributed by atoms with van der Waals surface area (Å²) in [4.78, 5) is 12.8. The Labute approximate surface area is 213 Å². The molecule has 0 radical (unpaired) electrons. The van der Waals surface area contributed by atoms with Crippen molar-refractivity contribution < 1.29 is 14.3 Å². The number of nitrogens with zero attached hydrogens (tertiary/aromatic N) is 1. The first-order valence-electron chi connectivity index (χ1n) is 14.5. The number of carbonyl (C=O) groups is 1. The van der Waals surface area contributed by atoms with E-state index in [4.69, 9.17) is 9.47 Å². The van der Waals surface area contributed by atoms with E-state index >= 15 is 0 Å². The minimum absolute atomic E-state index is 0.00385. The zero-order valence-electron chi connectivity index (χ0n) is 22.2. The van der Waals surface area contributed by atoms with Crippen LogP contribution >= 0.6 is 0 Å². The standard InChI is InChI=1S/C31H47NO3/c1-3-5-7-8-10-24-11-13-25(14-12-24)26-15-18-29(19-16-26)35-31(33)27-17-20-30(28(22-27)23-32)34-21-9-6-4-2/h17,20,22,24-26,29H,3-16,18-19,21H2,1-2H3. The van der Waals surface area contributed by atoms with Gasteiger partial charge in [0.25, 0.3) is 0 Å². The molecule has 0 aliphatic heterocycles. The fourth-order valence-corrected chi connectivity index (χ4v) is 6.11. The van der Waals surface area contributed by atoms with E-state index in [-0.39, 0.29) is 12.1 Å². The number of hydrogen-bond acceptors (Lipinski definition) is 4. The minimum Gasteiger partial charge on any atom is -0.492 e. The molecule has 0 amide bonds. The molecule has 4 nitrogen and oxygen atoms in total. The highest BCUT2D eigenvalue weighted by molar-refractivity contribution is 5.90. The Kier molecular flexibility index (Phi) is 11.9. The van der Waals surface area contributed by atoms with Crippen LogP contribution in [0.5, 0.6) is 5.75 Å². The van der Waals surface area contributed by atoms with E-state index in [1.165, 1.54) is 70.6 Å². The summed E-state index contributed by atoms with van der Waals surface area (Å²) >= 11 is 0. The topological polar surface area (TPSA) is 59.3 Å². The molecule has 2 fully saturated rings. The molecule has 1 aromatic rings. The van der Waals surface area contributed by atoms with Crippen molar-refractivity contribution in [2.75, 3.05) is 6.61 Å². The third kappa shape index (κ3) is 8.85. The molecule has 2 aliphatic rings. The molecule has 0 aromatic heterocycles. The van der Waals surface area contributed by atoms with Crippen molar-refractivity contribution in [1.29, 1.82) is 5.26 Å². The van der Waals surface area contributed by atoms with Gasteiger partial charge in [0.15, 0.2) is 0 Å². The van der Waals surface area contributed by atoms with Crippen molar-refractivity contribution in [3.05, 3.63) is 29.3 Å². The first-order chi connectivity index (χ1) is 17.1. The number of carbonyl (C=O) groups excluding carboxylic acids is 1. The van der Waals surface area contributed by atoms with Crippen molar-refractivity contribution in [3.63, 3.8) is 0 Å². The Morgan fingerprint density at radius 3 is 2.20 bits per heavy atom. The second-order valence-corrected chi connectivity index (χ2v) is 11.0. The van der Waals surface area contributed by atoms with Gasteiger partial charge in [-0.05, 0) is 80.9 Å². The van der Waals surface area contributed by atoms with Crippen molar-refractivity contribution >= 4 is 5.97 Å². The minimum atomic E-state index is -0.314. The van der Waals surface area contributed by atoms with E-state index in [9.17, 15) is 10.1 Å². The highest BCUT2D eigenvalue weighted by Gasteiger charge is 2.32. The van der Waals surface area contributed by atoms with Gasteiger partial charge in [0.2, 0.25) is 0 Å². The second-order valence-electron chi connectivity index (χ2n) is 11.0. The molecular formula is C31H47NO3. The SMILES string of the molecule is CCCCCCC1CCC(C2CCC(OC(=O)c3ccc(OCCCCC)c(C#N)c3)CC2)CC1. The van der Waals surface area contributed by atoms with E-state index < -0.39 is 0 Å². The first-order valence-corrected chi connectivity index (χ1v) is 14.5. The summed E-state index contributed by atoms with van der Waals surface area (Å²) in [6, 6.07) is 7.24. The van der Waals surface area contributed by atoms with Crippen LogP contribution in [0, 0.1) is 29.1 Å². The second kappa shape index (κ2) is 15.2. The Hall–Kier alpha value is -2.02.